The van der Waals surface area contributed by atoms with Crippen LogP contribution in [0, 0.1) is 0 Å². The Morgan fingerprint density at radius 1 is 1.10 bits per heavy atom. The van der Waals surface area contributed by atoms with Crippen molar-refractivity contribution in [1.82, 2.24) is 9.97 Å². The number of rotatable bonds is 4. The van der Waals surface area contributed by atoms with Crippen molar-refractivity contribution in [2.75, 3.05) is 10.6 Å². The minimum atomic E-state index is -0.0334. The van der Waals surface area contributed by atoms with E-state index < -0.39 is 0 Å². The Hall–Kier alpha value is -1.81. The largest absolute Gasteiger partial charge is 0.366 e. The Morgan fingerprint density at radius 2 is 1.80 bits per heavy atom. The van der Waals surface area contributed by atoms with Crippen molar-refractivity contribution < 1.29 is 0 Å². The quantitative estimate of drug-likeness (QED) is 0.895. The van der Waals surface area contributed by atoms with Crippen LogP contribution < -0.4 is 10.6 Å². The number of aromatic nitrogens is 2. The fraction of sp³-hybridized carbons (Fsp3) is 0.333. The highest BCUT2D eigenvalue weighted by molar-refractivity contribution is 6.31. The van der Waals surface area contributed by atoms with Gasteiger partial charge in [-0.3, -0.25) is 0 Å². The molecule has 0 saturated carbocycles. The molecule has 5 heteroatoms. The van der Waals surface area contributed by atoms with Crippen LogP contribution in [-0.4, -0.2) is 15.5 Å². The molecule has 0 aliphatic heterocycles. The van der Waals surface area contributed by atoms with E-state index in [-0.39, 0.29) is 5.54 Å². The van der Waals surface area contributed by atoms with E-state index in [1.54, 1.807) is 6.33 Å². The van der Waals surface area contributed by atoms with Crippen LogP contribution in [0.15, 0.2) is 36.7 Å². The van der Waals surface area contributed by atoms with E-state index in [9.17, 15) is 0 Å². The molecule has 0 atom stereocenters. The maximum absolute atomic E-state index is 6.12. The van der Waals surface area contributed by atoms with Crippen molar-refractivity contribution in [3.05, 3.63) is 47.2 Å². The molecule has 4 nitrogen and oxygen atoms in total. The predicted molar refractivity (Wildman–Crippen MR) is 84.2 cm³/mol. The highest BCUT2D eigenvalue weighted by Gasteiger charge is 2.10. The molecular formula is C15H19ClN4. The molecule has 1 aromatic carbocycles. The molecule has 0 bridgehead atoms. The normalized spacial score (nSPS) is 11.2. The maximum atomic E-state index is 6.12. The molecule has 2 rings (SSSR count). The molecule has 1 heterocycles. The smallest absolute Gasteiger partial charge is 0.131 e. The first-order valence-electron chi connectivity index (χ1n) is 6.51. The second-order valence-corrected chi connectivity index (χ2v) is 6.02. The van der Waals surface area contributed by atoms with Gasteiger partial charge in [0.15, 0.2) is 0 Å². The van der Waals surface area contributed by atoms with E-state index in [4.69, 9.17) is 11.6 Å². The summed E-state index contributed by atoms with van der Waals surface area (Å²) in [6, 6.07) is 9.65. The molecule has 0 fully saturated rings. The number of nitrogens with one attached hydrogen (secondary N) is 2. The van der Waals surface area contributed by atoms with E-state index >= 15 is 0 Å². The van der Waals surface area contributed by atoms with Gasteiger partial charge in [-0.2, -0.15) is 0 Å². The Kier molecular flexibility index (Phi) is 4.45. The van der Waals surface area contributed by atoms with Gasteiger partial charge in [0.1, 0.15) is 18.0 Å². The summed E-state index contributed by atoms with van der Waals surface area (Å²) in [5, 5.41) is 7.32. The van der Waals surface area contributed by atoms with Crippen molar-refractivity contribution in [2.45, 2.75) is 32.9 Å². The van der Waals surface area contributed by atoms with Crippen LogP contribution in [0.25, 0.3) is 0 Å². The molecular weight excluding hydrogens is 272 g/mol. The van der Waals surface area contributed by atoms with Crippen LogP contribution in [0.4, 0.5) is 11.6 Å². The van der Waals surface area contributed by atoms with Crippen LogP contribution in [0.1, 0.15) is 26.3 Å². The number of nitrogens with zero attached hydrogens (tertiary/aromatic N) is 2. The van der Waals surface area contributed by atoms with Gasteiger partial charge < -0.3 is 10.6 Å². The maximum Gasteiger partial charge on any atom is 0.131 e. The van der Waals surface area contributed by atoms with Crippen molar-refractivity contribution in [3.63, 3.8) is 0 Å². The molecule has 20 heavy (non-hydrogen) atoms. The predicted octanol–water partition coefficient (Wildman–Crippen LogP) is 3.95. The van der Waals surface area contributed by atoms with Gasteiger partial charge in [-0.1, -0.05) is 29.8 Å². The molecule has 0 saturated heterocycles. The summed E-state index contributed by atoms with van der Waals surface area (Å²) in [5.41, 5.74) is 1.01. The highest BCUT2D eigenvalue weighted by Crippen LogP contribution is 2.18. The molecule has 2 N–H and O–H groups in total. The van der Waals surface area contributed by atoms with Gasteiger partial charge in [-0.05, 0) is 32.4 Å². The Morgan fingerprint density at radius 3 is 2.50 bits per heavy atom. The summed E-state index contributed by atoms with van der Waals surface area (Å²) >= 11 is 6.12. The summed E-state index contributed by atoms with van der Waals surface area (Å²) in [4.78, 5) is 8.42. The van der Waals surface area contributed by atoms with E-state index in [1.165, 1.54) is 0 Å². The average Bonchev–Trinajstić information content (AvgIpc) is 2.36. The van der Waals surface area contributed by atoms with Crippen LogP contribution in [0.3, 0.4) is 0 Å². The molecule has 2 aromatic rings. The minimum Gasteiger partial charge on any atom is -0.366 e. The van der Waals surface area contributed by atoms with Gasteiger partial charge in [-0.25, -0.2) is 9.97 Å². The van der Waals surface area contributed by atoms with Crippen LogP contribution in [-0.2, 0) is 6.54 Å². The molecule has 1 aromatic heterocycles. The third-order valence-electron chi connectivity index (χ3n) is 2.59. The molecule has 0 aliphatic carbocycles. The first-order chi connectivity index (χ1) is 9.44. The van der Waals surface area contributed by atoms with E-state index in [2.05, 4.69) is 41.4 Å². The van der Waals surface area contributed by atoms with Crippen molar-refractivity contribution in [2.24, 2.45) is 0 Å². The number of hydrogen-bond donors (Lipinski definition) is 2. The summed E-state index contributed by atoms with van der Waals surface area (Å²) in [6.07, 6.45) is 1.54. The van der Waals surface area contributed by atoms with Gasteiger partial charge in [0.05, 0.1) is 0 Å². The third kappa shape index (κ3) is 4.38. The Bertz CT molecular complexity index is 578. The first-order valence-corrected chi connectivity index (χ1v) is 6.89. The monoisotopic (exact) mass is 290 g/mol. The van der Waals surface area contributed by atoms with Gasteiger partial charge in [0.25, 0.3) is 0 Å². The summed E-state index contributed by atoms with van der Waals surface area (Å²) in [6.45, 7) is 6.90. The van der Waals surface area contributed by atoms with E-state index in [1.807, 2.05) is 30.3 Å². The molecule has 106 valence electrons. The van der Waals surface area contributed by atoms with Crippen molar-refractivity contribution in [3.8, 4) is 0 Å². The van der Waals surface area contributed by atoms with Gasteiger partial charge >= 0.3 is 0 Å². The summed E-state index contributed by atoms with van der Waals surface area (Å²) in [7, 11) is 0. The second-order valence-electron chi connectivity index (χ2n) is 5.61. The average molecular weight is 291 g/mol. The molecule has 0 radical (unpaired) electrons. The lowest BCUT2D eigenvalue weighted by Crippen LogP contribution is -2.26. The van der Waals surface area contributed by atoms with Crippen LogP contribution in [0.2, 0.25) is 5.02 Å². The SMILES string of the molecule is CC(C)(C)Nc1cc(NCc2ccccc2Cl)ncn1. The molecule has 0 aliphatic rings. The standard InChI is InChI=1S/C15H19ClN4/c1-15(2,3)20-14-8-13(18-10-19-14)17-9-11-6-4-5-7-12(11)16/h4-8,10H,9H2,1-3H3,(H2,17,18,19,20). The first kappa shape index (κ1) is 14.6. The molecule has 0 spiro atoms. The lowest BCUT2D eigenvalue weighted by molar-refractivity contribution is 0.630. The van der Waals surface area contributed by atoms with Gasteiger partial charge in [0.2, 0.25) is 0 Å². The topological polar surface area (TPSA) is 49.8 Å². The van der Waals surface area contributed by atoms with Gasteiger partial charge in [0, 0.05) is 23.2 Å². The fourth-order valence-electron chi connectivity index (χ4n) is 1.73. The van der Waals surface area contributed by atoms with Crippen LogP contribution in [0.5, 0.6) is 0 Å². The number of anilines is 2. The van der Waals surface area contributed by atoms with Crippen LogP contribution >= 0.6 is 11.6 Å². The zero-order valence-electron chi connectivity index (χ0n) is 11.9. The summed E-state index contributed by atoms with van der Waals surface area (Å²) < 4.78 is 0. The second kappa shape index (κ2) is 6.09. The zero-order chi connectivity index (χ0) is 14.6. The lowest BCUT2D eigenvalue weighted by atomic mass is 10.1. The fourth-order valence-corrected chi connectivity index (χ4v) is 1.94. The minimum absolute atomic E-state index is 0.0334. The zero-order valence-corrected chi connectivity index (χ0v) is 12.7. The highest BCUT2D eigenvalue weighted by atomic mass is 35.5. The van der Waals surface area contributed by atoms with E-state index in [0.29, 0.717) is 6.54 Å². The number of hydrogen-bond acceptors (Lipinski definition) is 4. The molecule has 0 amide bonds. The molecule has 0 unspecified atom stereocenters. The van der Waals surface area contributed by atoms with E-state index in [0.717, 1.165) is 22.2 Å². The van der Waals surface area contributed by atoms with Gasteiger partial charge in [-0.15, -0.1) is 0 Å². The Balaban J connectivity index is 2.03. The number of halogens is 1. The third-order valence-corrected chi connectivity index (χ3v) is 2.96. The number of benzene rings is 1. The Labute approximate surface area is 124 Å². The summed E-state index contributed by atoms with van der Waals surface area (Å²) in [5.74, 6) is 1.57. The van der Waals surface area contributed by atoms with Crippen molar-refractivity contribution >= 4 is 23.2 Å². The lowest BCUT2D eigenvalue weighted by Gasteiger charge is -2.21. The van der Waals surface area contributed by atoms with Crippen molar-refractivity contribution in [1.29, 1.82) is 0 Å².